The second kappa shape index (κ2) is 4.48. The van der Waals surface area contributed by atoms with E-state index < -0.39 is 11.1 Å². The molecule has 1 rings (SSSR count). The fourth-order valence-corrected chi connectivity index (χ4v) is 1.64. The van der Waals surface area contributed by atoms with E-state index in [1.54, 1.807) is 12.1 Å². The largest absolute Gasteiger partial charge is 0.306 e. The molecule has 0 saturated heterocycles. The first-order valence-corrected chi connectivity index (χ1v) is 5.26. The van der Waals surface area contributed by atoms with Gasteiger partial charge in [0.25, 0.3) is 0 Å². The zero-order chi connectivity index (χ0) is 9.84. The smallest absolute Gasteiger partial charge is 0.157 e. The molecule has 0 bridgehead atoms. The van der Waals surface area contributed by atoms with Crippen molar-refractivity contribution in [1.82, 2.24) is 0 Å². The molecule has 0 aliphatic rings. The standard InChI is InChI=1S/C9H11FO2S/c1-2-7-4-3-5-8(9(7)10)6-13(11)12/h3-5H,2,6H2,1H3,(H,11,12). The molecule has 0 radical (unpaired) electrons. The van der Waals surface area contributed by atoms with E-state index in [1.807, 2.05) is 6.92 Å². The van der Waals surface area contributed by atoms with Crippen LogP contribution in [0.25, 0.3) is 0 Å². The Morgan fingerprint density at radius 1 is 1.46 bits per heavy atom. The molecule has 0 aliphatic heterocycles. The number of benzene rings is 1. The van der Waals surface area contributed by atoms with Crippen LogP contribution in [0.1, 0.15) is 18.1 Å². The van der Waals surface area contributed by atoms with Crippen molar-refractivity contribution in [1.29, 1.82) is 0 Å². The van der Waals surface area contributed by atoms with Gasteiger partial charge in [-0.25, -0.2) is 8.60 Å². The predicted molar refractivity (Wildman–Crippen MR) is 50.3 cm³/mol. The molecule has 2 nitrogen and oxygen atoms in total. The van der Waals surface area contributed by atoms with Gasteiger partial charge in [0, 0.05) is 5.56 Å². The van der Waals surface area contributed by atoms with Crippen molar-refractivity contribution in [2.45, 2.75) is 19.1 Å². The van der Waals surface area contributed by atoms with E-state index in [0.29, 0.717) is 17.5 Å². The average Bonchev–Trinajstić information content (AvgIpc) is 2.08. The number of rotatable bonds is 3. The van der Waals surface area contributed by atoms with E-state index >= 15 is 0 Å². The van der Waals surface area contributed by atoms with Gasteiger partial charge < -0.3 is 4.55 Å². The Morgan fingerprint density at radius 2 is 2.08 bits per heavy atom. The van der Waals surface area contributed by atoms with Crippen molar-refractivity contribution in [3.8, 4) is 0 Å². The van der Waals surface area contributed by atoms with Crippen LogP contribution in [0.3, 0.4) is 0 Å². The lowest BCUT2D eigenvalue weighted by molar-refractivity contribution is 0.557. The summed E-state index contributed by atoms with van der Waals surface area (Å²) in [6.45, 7) is 1.85. The maximum atomic E-state index is 13.4. The third-order valence-corrected chi connectivity index (χ3v) is 2.38. The summed E-state index contributed by atoms with van der Waals surface area (Å²) in [5, 5.41) is 0. The highest BCUT2D eigenvalue weighted by molar-refractivity contribution is 7.78. The maximum Gasteiger partial charge on any atom is 0.157 e. The van der Waals surface area contributed by atoms with Crippen molar-refractivity contribution < 1.29 is 13.2 Å². The molecule has 0 aliphatic carbocycles. The Hall–Kier alpha value is -0.740. The van der Waals surface area contributed by atoms with E-state index in [0.717, 1.165) is 0 Å². The lowest BCUT2D eigenvalue weighted by atomic mass is 10.1. The van der Waals surface area contributed by atoms with Crippen LogP contribution in [-0.4, -0.2) is 8.76 Å². The maximum absolute atomic E-state index is 13.4. The average molecular weight is 202 g/mol. The fourth-order valence-electron chi connectivity index (χ4n) is 1.15. The van der Waals surface area contributed by atoms with Gasteiger partial charge in [-0.3, -0.25) is 0 Å². The summed E-state index contributed by atoms with van der Waals surface area (Å²) in [4.78, 5) is 0. The molecule has 1 N–H and O–H groups in total. The minimum absolute atomic E-state index is 0.139. The van der Waals surface area contributed by atoms with Crippen molar-refractivity contribution in [3.63, 3.8) is 0 Å². The minimum Gasteiger partial charge on any atom is -0.306 e. The SMILES string of the molecule is CCc1cccc(CS(=O)O)c1F. The van der Waals surface area contributed by atoms with Gasteiger partial charge in [-0.15, -0.1) is 0 Å². The van der Waals surface area contributed by atoms with Crippen LogP contribution in [0.2, 0.25) is 0 Å². The molecule has 0 heterocycles. The van der Waals surface area contributed by atoms with Crippen molar-refractivity contribution in [2.75, 3.05) is 0 Å². The summed E-state index contributed by atoms with van der Waals surface area (Å²) >= 11 is -1.98. The molecular weight excluding hydrogens is 191 g/mol. The summed E-state index contributed by atoms with van der Waals surface area (Å²) in [5.74, 6) is -0.493. The summed E-state index contributed by atoms with van der Waals surface area (Å²) < 4.78 is 32.5. The first kappa shape index (κ1) is 10.3. The molecule has 1 aromatic carbocycles. The molecule has 0 saturated carbocycles. The predicted octanol–water partition coefficient (Wildman–Crippen LogP) is 2.11. The highest BCUT2D eigenvalue weighted by atomic mass is 32.2. The van der Waals surface area contributed by atoms with Gasteiger partial charge in [0.15, 0.2) is 11.1 Å². The van der Waals surface area contributed by atoms with Crippen LogP contribution in [0, 0.1) is 5.82 Å². The lowest BCUT2D eigenvalue weighted by Gasteiger charge is -2.04. The van der Waals surface area contributed by atoms with E-state index in [4.69, 9.17) is 4.55 Å². The Morgan fingerprint density at radius 3 is 2.62 bits per heavy atom. The third kappa shape index (κ3) is 2.60. The van der Waals surface area contributed by atoms with Crippen LogP contribution < -0.4 is 0 Å². The van der Waals surface area contributed by atoms with Crippen LogP contribution in [-0.2, 0) is 23.3 Å². The van der Waals surface area contributed by atoms with Crippen LogP contribution in [0.5, 0.6) is 0 Å². The number of hydrogen-bond acceptors (Lipinski definition) is 1. The van der Waals surface area contributed by atoms with Gasteiger partial charge in [-0.2, -0.15) is 0 Å². The second-order valence-electron chi connectivity index (χ2n) is 2.71. The topological polar surface area (TPSA) is 37.3 Å². The molecule has 1 aromatic rings. The molecule has 1 atom stereocenters. The van der Waals surface area contributed by atoms with Crippen molar-refractivity contribution in [3.05, 3.63) is 35.1 Å². The van der Waals surface area contributed by atoms with Crippen LogP contribution in [0.4, 0.5) is 4.39 Å². The molecule has 1 unspecified atom stereocenters. The van der Waals surface area contributed by atoms with E-state index in [-0.39, 0.29) is 11.6 Å². The zero-order valence-corrected chi connectivity index (χ0v) is 8.10. The van der Waals surface area contributed by atoms with Crippen molar-refractivity contribution >= 4 is 11.1 Å². The van der Waals surface area contributed by atoms with Crippen LogP contribution >= 0.6 is 0 Å². The Labute approximate surface area is 79.1 Å². The van der Waals surface area contributed by atoms with E-state index in [2.05, 4.69) is 0 Å². The second-order valence-corrected chi connectivity index (χ2v) is 3.64. The molecule has 0 spiro atoms. The molecule has 0 fully saturated rings. The molecule has 72 valence electrons. The minimum atomic E-state index is -1.98. The van der Waals surface area contributed by atoms with Gasteiger partial charge in [0.2, 0.25) is 0 Å². The Bertz CT molecular complexity index is 325. The molecule has 0 aromatic heterocycles. The molecule has 13 heavy (non-hydrogen) atoms. The summed E-state index contributed by atoms with van der Waals surface area (Å²) in [6.07, 6.45) is 0.595. The normalized spacial score (nSPS) is 12.8. The quantitative estimate of drug-likeness (QED) is 0.762. The van der Waals surface area contributed by atoms with E-state index in [1.165, 1.54) is 6.07 Å². The Balaban J connectivity index is 3.01. The molecule has 4 heteroatoms. The summed E-state index contributed by atoms with van der Waals surface area (Å²) in [7, 11) is 0. The number of hydrogen-bond donors (Lipinski definition) is 1. The Kier molecular flexibility index (Phi) is 3.57. The fraction of sp³-hybridized carbons (Fsp3) is 0.333. The van der Waals surface area contributed by atoms with E-state index in [9.17, 15) is 8.60 Å². The van der Waals surface area contributed by atoms with Gasteiger partial charge in [-0.05, 0) is 12.0 Å². The summed E-state index contributed by atoms with van der Waals surface area (Å²) in [5.41, 5.74) is 0.892. The first-order valence-electron chi connectivity index (χ1n) is 3.99. The first-order chi connectivity index (χ1) is 6.15. The summed E-state index contributed by atoms with van der Waals surface area (Å²) in [6, 6.07) is 4.91. The monoisotopic (exact) mass is 202 g/mol. The number of aryl methyl sites for hydroxylation is 1. The van der Waals surface area contributed by atoms with Gasteiger partial charge in [0.05, 0.1) is 5.75 Å². The molecule has 0 amide bonds. The van der Waals surface area contributed by atoms with Crippen LogP contribution in [0.15, 0.2) is 18.2 Å². The number of halogens is 1. The van der Waals surface area contributed by atoms with Gasteiger partial charge >= 0.3 is 0 Å². The zero-order valence-electron chi connectivity index (χ0n) is 7.29. The molecular formula is C9H11FO2S. The highest BCUT2D eigenvalue weighted by Gasteiger charge is 2.07. The third-order valence-electron chi connectivity index (χ3n) is 1.82. The van der Waals surface area contributed by atoms with Crippen molar-refractivity contribution in [2.24, 2.45) is 0 Å². The lowest BCUT2D eigenvalue weighted by Crippen LogP contribution is -1.99. The highest BCUT2D eigenvalue weighted by Crippen LogP contribution is 2.14. The van der Waals surface area contributed by atoms with Gasteiger partial charge in [-0.1, -0.05) is 25.1 Å². The van der Waals surface area contributed by atoms with Gasteiger partial charge in [0.1, 0.15) is 5.82 Å².